The van der Waals surface area contributed by atoms with Gasteiger partial charge >= 0.3 is 0 Å². The first kappa shape index (κ1) is 19.1. The first-order valence-electron chi connectivity index (χ1n) is 7.63. The monoisotopic (exact) mass is 407 g/mol. The molecule has 0 aliphatic heterocycles. The Kier molecular flexibility index (Phi) is 6.27. The lowest BCUT2D eigenvalue weighted by atomic mass is 10.1. The molecule has 0 bridgehead atoms. The lowest BCUT2D eigenvalue weighted by molar-refractivity contribution is -0.120. The molecule has 0 aromatic heterocycles. The largest absolute Gasteiger partial charge is 0.366 e. The van der Waals surface area contributed by atoms with Crippen LogP contribution in [0.25, 0.3) is 0 Å². The van der Waals surface area contributed by atoms with Gasteiger partial charge in [-0.1, -0.05) is 15.9 Å². The summed E-state index contributed by atoms with van der Waals surface area (Å²) in [6.07, 6.45) is 0. The van der Waals surface area contributed by atoms with Crippen LogP contribution in [0.1, 0.15) is 22.8 Å². The van der Waals surface area contributed by atoms with Gasteiger partial charge in [0.1, 0.15) is 5.82 Å². The fourth-order valence-electron chi connectivity index (χ4n) is 2.23. The molecule has 0 aliphatic carbocycles. The molecule has 0 saturated heterocycles. The number of nitrogens with zero attached hydrogens (tertiary/aromatic N) is 1. The number of amides is 2. The van der Waals surface area contributed by atoms with E-state index in [2.05, 4.69) is 21.2 Å². The summed E-state index contributed by atoms with van der Waals surface area (Å²) >= 11 is 3.32. The average molecular weight is 408 g/mol. The van der Waals surface area contributed by atoms with Crippen molar-refractivity contribution in [2.75, 3.05) is 12.4 Å². The molecule has 2 amide bonds. The second kappa shape index (κ2) is 8.22. The van der Waals surface area contributed by atoms with Crippen molar-refractivity contribution in [3.05, 3.63) is 63.9 Å². The standard InChI is InChI=1S/C18H19BrFN3O2/c1-11(23(2)10-13-9-14(19)5-8-16(13)20)18(25)22-15-6-3-12(4-7-15)17(21)24/h3-9,11H,10H2,1-2H3,(H2,21,24)(H,22,25). The molecule has 7 heteroatoms. The third-order valence-corrected chi connectivity index (χ3v) is 4.40. The van der Waals surface area contributed by atoms with Crippen molar-refractivity contribution in [3.63, 3.8) is 0 Å². The van der Waals surface area contributed by atoms with Gasteiger partial charge in [-0.15, -0.1) is 0 Å². The number of hydrogen-bond acceptors (Lipinski definition) is 3. The Morgan fingerprint density at radius 1 is 1.24 bits per heavy atom. The molecule has 2 rings (SSSR count). The second-order valence-corrected chi connectivity index (χ2v) is 6.67. The zero-order valence-electron chi connectivity index (χ0n) is 13.9. The maximum atomic E-state index is 13.9. The Morgan fingerprint density at radius 2 is 1.88 bits per heavy atom. The highest BCUT2D eigenvalue weighted by Gasteiger charge is 2.19. The summed E-state index contributed by atoms with van der Waals surface area (Å²) in [4.78, 5) is 25.2. The number of carbonyl (C=O) groups excluding carboxylic acids is 2. The SMILES string of the molecule is CC(C(=O)Nc1ccc(C(N)=O)cc1)N(C)Cc1cc(Br)ccc1F. The van der Waals surface area contributed by atoms with Crippen LogP contribution in [0.5, 0.6) is 0 Å². The molecule has 0 heterocycles. The predicted molar refractivity (Wildman–Crippen MR) is 98.6 cm³/mol. The van der Waals surface area contributed by atoms with Crippen molar-refractivity contribution < 1.29 is 14.0 Å². The summed E-state index contributed by atoms with van der Waals surface area (Å²) in [6.45, 7) is 2.03. The van der Waals surface area contributed by atoms with E-state index in [0.717, 1.165) is 4.47 Å². The maximum Gasteiger partial charge on any atom is 0.248 e. The zero-order chi connectivity index (χ0) is 18.6. The van der Waals surface area contributed by atoms with E-state index in [1.807, 2.05) is 0 Å². The highest BCUT2D eigenvalue weighted by Crippen LogP contribution is 2.18. The highest BCUT2D eigenvalue weighted by atomic mass is 79.9. The van der Waals surface area contributed by atoms with E-state index in [0.29, 0.717) is 23.4 Å². The molecule has 132 valence electrons. The van der Waals surface area contributed by atoms with Gasteiger partial charge in [-0.3, -0.25) is 14.5 Å². The topological polar surface area (TPSA) is 75.4 Å². The lowest BCUT2D eigenvalue weighted by Gasteiger charge is -2.24. The second-order valence-electron chi connectivity index (χ2n) is 5.76. The first-order valence-corrected chi connectivity index (χ1v) is 8.42. The van der Waals surface area contributed by atoms with Crippen molar-refractivity contribution in [2.45, 2.75) is 19.5 Å². The Balaban J connectivity index is 2.00. The molecule has 0 spiro atoms. The van der Waals surface area contributed by atoms with Crippen LogP contribution < -0.4 is 11.1 Å². The van der Waals surface area contributed by atoms with Crippen molar-refractivity contribution >= 4 is 33.4 Å². The molecule has 2 aromatic rings. The molecular formula is C18H19BrFN3O2. The predicted octanol–water partition coefficient (Wildman–Crippen LogP) is 3.15. The minimum Gasteiger partial charge on any atom is -0.366 e. The number of nitrogens with one attached hydrogen (secondary N) is 1. The molecule has 0 saturated carbocycles. The number of anilines is 1. The molecule has 1 atom stereocenters. The Bertz CT molecular complexity index is 780. The normalized spacial score (nSPS) is 12.0. The minimum absolute atomic E-state index is 0.232. The average Bonchev–Trinajstić information content (AvgIpc) is 2.57. The summed E-state index contributed by atoms with van der Waals surface area (Å²) in [5.74, 6) is -1.07. The number of nitrogens with two attached hydrogens (primary N) is 1. The molecule has 3 N–H and O–H groups in total. The van der Waals surface area contributed by atoms with Crippen LogP contribution >= 0.6 is 15.9 Å². The van der Waals surface area contributed by atoms with Crippen LogP contribution in [0, 0.1) is 5.82 Å². The van der Waals surface area contributed by atoms with E-state index in [1.54, 1.807) is 55.3 Å². The van der Waals surface area contributed by atoms with Crippen molar-refractivity contribution in [1.29, 1.82) is 0 Å². The summed E-state index contributed by atoms with van der Waals surface area (Å²) in [5.41, 5.74) is 6.61. The minimum atomic E-state index is -0.526. The fraction of sp³-hybridized carbons (Fsp3) is 0.222. The number of hydrogen-bond donors (Lipinski definition) is 2. The van der Waals surface area contributed by atoms with E-state index in [9.17, 15) is 14.0 Å². The molecule has 5 nitrogen and oxygen atoms in total. The number of benzene rings is 2. The van der Waals surface area contributed by atoms with Gasteiger partial charge in [0.2, 0.25) is 11.8 Å². The fourth-order valence-corrected chi connectivity index (χ4v) is 2.64. The van der Waals surface area contributed by atoms with Gasteiger partial charge in [-0.05, 0) is 56.4 Å². The molecule has 25 heavy (non-hydrogen) atoms. The van der Waals surface area contributed by atoms with Gasteiger partial charge in [0.05, 0.1) is 6.04 Å². The van der Waals surface area contributed by atoms with Crippen LogP contribution in [-0.2, 0) is 11.3 Å². The number of primary amides is 1. The van der Waals surface area contributed by atoms with Crippen molar-refractivity contribution in [3.8, 4) is 0 Å². The third kappa shape index (κ3) is 5.11. The van der Waals surface area contributed by atoms with Gasteiger partial charge in [-0.25, -0.2) is 4.39 Å². The highest BCUT2D eigenvalue weighted by molar-refractivity contribution is 9.10. The van der Waals surface area contributed by atoms with Crippen LogP contribution in [-0.4, -0.2) is 29.8 Å². The van der Waals surface area contributed by atoms with Crippen LogP contribution in [0.15, 0.2) is 46.9 Å². The van der Waals surface area contributed by atoms with Gasteiger partial charge in [0.25, 0.3) is 0 Å². The molecule has 2 aromatic carbocycles. The summed E-state index contributed by atoms with van der Waals surface area (Å²) < 4.78 is 14.6. The van der Waals surface area contributed by atoms with Crippen LogP contribution in [0.4, 0.5) is 10.1 Å². The zero-order valence-corrected chi connectivity index (χ0v) is 15.5. The van der Waals surface area contributed by atoms with Gasteiger partial charge in [-0.2, -0.15) is 0 Å². The molecular weight excluding hydrogens is 389 g/mol. The summed E-state index contributed by atoms with van der Waals surface area (Å²) in [7, 11) is 1.75. The first-order chi connectivity index (χ1) is 11.8. The maximum absolute atomic E-state index is 13.9. The Hall–Kier alpha value is -2.25. The quantitative estimate of drug-likeness (QED) is 0.771. The number of likely N-dealkylation sites (N-methyl/N-ethyl adjacent to an activating group) is 1. The van der Waals surface area contributed by atoms with E-state index in [-0.39, 0.29) is 11.7 Å². The van der Waals surface area contributed by atoms with Crippen molar-refractivity contribution in [1.82, 2.24) is 4.90 Å². The molecule has 0 fully saturated rings. The van der Waals surface area contributed by atoms with E-state index in [1.165, 1.54) is 6.07 Å². The molecule has 1 unspecified atom stereocenters. The van der Waals surface area contributed by atoms with Gasteiger partial charge in [0.15, 0.2) is 0 Å². The number of carbonyl (C=O) groups is 2. The Labute approximate surface area is 154 Å². The summed E-state index contributed by atoms with van der Waals surface area (Å²) in [5, 5.41) is 2.76. The number of rotatable bonds is 6. The molecule has 0 aliphatic rings. The van der Waals surface area contributed by atoms with Crippen molar-refractivity contribution in [2.24, 2.45) is 5.73 Å². The van der Waals surface area contributed by atoms with Gasteiger partial charge < -0.3 is 11.1 Å². The lowest BCUT2D eigenvalue weighted by Crippen LogP contribution is -2.39. The number of halogens is 2. The molecule has 0 radical (unpaired) electrons. The van der Waals surface area contributed by atoms with Crippen LogP contribution in [0.2, 0.25) is 0 Å². The third-order valence-electron chi connectivity index (χ3n) is 3.91. The van der Waals surface area contributed by atoms with Crippen LogP contribution in [0.3, 0.4) is 0 Å². The van der Waals surface area contributed by atoms with E-state index < -0.39 is 11.9 Å². The van der Waals surface area contributed by atoms with E-state index >= 15 is 0 Å². The Morgan fingerprint density at radius 3 is 2.48 bits per heavy atom. The van der Waals surface area contributed by atoms with E-state index in [4.69, 9.17) is 5.73 Å². The smallest absolute Gasteiger partial charge is 0.248 e. The van der Waals surface area contributed by atoms with Gasteiger partial charge in [0, 0.05) is 27.8 Å². The summed E-state index contributed by atoms with van der Waals surface area (Å²) in [6, 6.07) is 10.5.